The molecule has 148 valence electrons. The van der Waals surface area contributed by atoms with Crippen molar-refractivity contribution in [1.29, 1.82) is 5.26 Å². The Morgan fingerprint density at radius 2 is 1.86 bits per heavy atom. The van der Waals surface area contributed by atoms with E-state index in [2.05, 4.69) is 34.7 Å². The predicted molar refractivity (Wildman–Crippen MR) is 120 cm³/mol. The second kappa shape index (κ2) is 9.61. The van der Waals surface area contributed by atoms with Crippen molar-refractivity contribution in [1.82, 2.24) is 4.57 Å². The predicted octanol–water partition coefficient (Wildman–Crippen LogP) is 5.05. The smallest absolute Gasteiger partial charge is 0.248 e. The van der Waals surface area contributed by atoms with Gasteiger partial charge in [0.2, 0.25) is 5.91 Å². The van der Waals surface area contributed by atoms with E-state index in [1.54, 1.807) is 6.08 Å². The number of carbonyl (C=O) groups excluding carboxylic acids is 1. The molecule has 1 heterocycles. The van der Waals surface area contributed by atoms with Gasteiger partial charge in [-0.05, 0) is 50.3 Å². The molecule has 0 fully saturated rings. The molecule has 0 aliphatic carbocycles. The Kier molecular flexibility index (Phi) is 6.70. The molecule has 5 heteroatoms. The molecule has 0 radical (unpaired) electrons. The van der Waals surface area contributed by atoms with Crippen molar-refractivity contribution in [2.24, 2.45) is 0 Å². The molecule has 0 spiro atoms. The summed E-state index contributed by atoms with van der Waals surface area (Å²) < 4.78 is 2.06. The zero-order valence-corrected chi connectivity index (χ0v) is 16.9. The van der Waals surface area contributed by atoms with Crippen molar-refractivity contribution < 1.29 is 4.79 Å². The number of anilines is 2. The highest BCUT2D eigenvalue weighted by molar-refractivity contribution is 6.03. The number of aryl methyl sites for hydroxylation is 1. The minimum atomic E-state index is -0.172. The van der Waals surface area contributed by atoms with E-state index in [9.17, 15) is 4.79 Å². The number of para-hydroxylation sites is 1. The number of amides is 1. The molecule has 0 saturated carbocycles. The second-order valence-electron chi connectivity index (χ2n) is 6.74. The normalized spacial score (nSPS) is 10.9. The lowest BCUT2D eigenvalue weighted by Crippen LogP contribution is -2.21. The summed E-state index contributed by atoms with van der Waals surface area (Å²) in [4.78, 5) is 14.6. The van der Waals surface area contributed by atoms with Crippen molar-refractivity contribution in [2.45, 2.75) is 26.8 Å². The van der Waals surface area contributed by atoms with Crippen LogP contribution in [0.1, 0.15) is 25.8 Å². The van der Waals surface area contributed by atoms with Gasteiger partial charge in [0.15, 0.2) is 0 Å². The van der Waals surface area contributed by atoms with Crippen LogP contribution in [0.3, 0.4) is 0 Å². The zero-order chi connectivity index (χ0) is 20.6. The lowest BCUT2D eigenvalue weighted by Gasteiger charge is -2.21. The van der Waals surface area contributed by atoms with Gasteiger partial charge in [0, 0.05) is 59.7 Å². The molecule has 29 heavy (non-hydrogen) atoms. The number of carbonyl (C=O) groups is 1. The van der Waals surface area contributed by atoms with Crippen molar-refractivity contribution in [3.63, 3.8) is 0 Å². The first-order valence-corrected chi connectivity index (χ1v) is 9.95. The second-order valence-corrected chi connectivity index (χ2v) is 6.74. The lowest BCUT2D eigenvalue weighted by molar-refractivity contribution is -0.111. The van der Waals surface area contributed by atoms with Gasteiger partial charge in [-0.15, -0.1) is 0 Å². The van der Waals surface area contributed by atoms with E-state index in [0.29, 0.717) is 13.0 Å². The third kappa shape index (κ3) is 4.85. The Morgan fingerprint density at radius 1 is 1.14 bits per heavy atom. The maximum atomic E-state index is 12.4. The highest BCUT2D eigenvalue weighted by Crippen LogP contribution is 2.23. The summed E-state index contributed by atoms with van der Waals surface area (Å²) in [5, 5.41) is 12.8. The van der Waals surface area contributed by atoms with Gasteiger partial charge in [-0.2, -0.15) is 5.26 Å². The zero-order valence-electron chi connectivity index (χ0n) is 16.9. The summed E-state index contributed by atoms with van der Waals surface area (Å²) in [7, 11) is 0. The number of benzene rings is 2. The summed E-state index contributed by atoms with van der Waals surface area (Å²) in [5.41, 5.74) is 3.95. The van der Waals surface area contributed by atoms with E-state index in [4.69, 9.17) is 5.26 Å². The van der Waals surface area contributed by atoms with E-state index in [-0.39, 0.29) is 5.91 Å². The van der Waals surface area contributed by atoms with Crippen LogP contribution in [-0.2, 0) is 11.3 Å². The molecule has 1 amide bonds. The van der Waals surface area contributed by atoms with Crippen molar-refractivity contribution in [3.05, 3.63) is 66.4 Å². The fourth-order valence-electron chi connectivity index (χ4n) is 3.46. The van der Waals surface area contributed by atoms with E-state index < -0.39 is 0 Å². The minimum absolute atomic E-state index is 0.172. The Bertz CT molecular complexity index is 1040. The molecule has 0 aliphatic heterocycles. The number of nitrogens with one attached hydrogen (secondary N) is 1. The first-order valence-electron chi connectivity index (χ1n) is 9.95. The summed E-state index contributed by atoms with van der Waals surface area (Å²) in [6, 6.07) is 18.1. The molecule has 0 unspecified atom stereocenters. The Labute approximate surface area is 171 Å². The average molecular weight is 386 g/mol. The molecule has 0 bridgehead atoms. The van der Waals surface area contributed by atoms with Crippen LogP contribution in [0.4, 0.5) is 11.4 Å². The number of fused-ring (bicyclic) bond motifs is 1. The van der Waals surface area contributed by atoms with Gasteiger partial charge in [-0.25, -0.2) is 0 Å². The van der Waals surface area contributed by atoms with Crippen LogP contribution in [0.25, 0.3) is 17.0 Å². The molecular weight excluding hydrogens is 360 g/mol. The number of aromatic nitrogens is 1. The third-order valence-electron chi connectivity index (χ3n) is 4.96. The molecule has 0 aliphatic rings. The van der Waals surface area contributed by atoms with Gasteiger partial charge >= 0.3 is 0 Å². The van der Waals surface area contributed by atoms with E-state index in [0.717, 1.165) is 40.9 Å². The number of hydrogen-bond acceptors (Lipinski definition) is 3. The average Bonchev–Trinajstić information content (AvgIpc) is 3.10. The van der Waals surface area contributed by atoms with Gasteiger partial charge < -0.3 is 14.8 Å². The number of hydrogen-bond donors (Lipinski definition) is 1. The van der Waals surface area contributed by atoms with Crippen LogP contribution >= 0.6 is 0 Å². The third-order valence-corrected chi connectivity index (χ3v) is 4.96. The Morgan fingerprint density at radius 3 is 2.55 bits per heavy atom. The van der Waals surface area contributed by atoms with Crippen molar-refractivity contribution in [2.75, 3.05) is 23.3 Å². The first kappa shape index (κ1) is 20.2. The maximum Gasteiger partial charge on any atom is 0.248 e. The molecule has 3 rings (SSSR count). The van der Waals surface area contributed by atoms with Gasteiger partial charge in [-0.1, -0.05) is 18.2 Å². The Hall–Kier alpha value is -3.52. The van der Waals surface area contributed by atoms with Crippen molar-refractivity contribution in [3.8, 4) is 6.07 Å². The van der Waals surface area contributed by atoms with Crippen LogP contribution in [0.2, 0.25) is 0 Å². The van der Waals surface area contributed by atoms with Gasteiger partial charge in [0.1, 0.15) is 0 Å². The number of nitriles is 1. The van der Waals surface area contributed by atoms with Crippen LogP contribution in [0, 0.1) is 11.3 Å². The SMILES string of the molecule is CCN(CC)c1ccc(NC(=O)/C=C/c2cn(CCC#N)c3ccccc23)cc1. The molecule has 2 aromatic carbocycles. The number of rotatable bonds is 8. The van der Waals surface area contributed by atoms with E-state index in [1.807, 2.05) is 60.8 Å². The topological polar surface area (TPSA) is 61.1 Å². The fourth-order valence-corrected chi connectivity index (χ4v) is 3.46. The van der Waals surface area contributed by atoms with E-state index in [1.165, 1.54) is 0 Å². The van der Waals surface area contributed by atoms with Gasteiger partial charge in [-0.3, -0.25) is 4.79 Å². The van der Waals surface area contributed by atoms with Gasteiger partial charge in [0.05, 0.1) is 12.5 Å². The summed E-state index contributed by atoms with van der Waals surface area (Å²) in [6.07, 6.45) is 5.82. The quantitative estimate of drug-likeness (QED) is 0.551. The largest absolute Gasteiger partial charge is 0.372 e. The summed E-state index contributed by atoms with van der Waals surface area (Å²) in [5.74, 6) is -0.172. The molecule has 1 aromatic heterocycles. The Balaban J connectivity index is 1.72. The van der Waals surface area contributed by atoms with Crippen LogP contribution in [0.5, 0.6) is 0 Å². The maximum absolute atomic E-state index is 12.4. The van der Waals surface area contributed by atoms with Gasteiger partial charge in [0.25, 0.3) is 0 Å². The molecule has 0 saturated heterocycles. The fraction of sp³-hybridized carbons (Fsp3) is 0.250. The lowest BCUT2D eigenvalue weighted by atomic mass is 10.1. The highest BCUT2D eigenvalue weighted by atomic mass is 16.1. The molecule has 5 nitrogen and oxygen atoms in total. The molecular formula is C24H26N4O. The van der Waals surface area contributed by atoms with E-state index >= 15 is 0 Å². The number of nitrogens with zero attached hydrogens (tertiary/aromatic N) is 3. The highest BCUT2D eigenvalue weighted by Gasteiger charge is 2.07. The molecule has 3 aromatic rings. The first-order chi connectivity index (χ1) is 14.2. The van der Waals surface area contributed by atoms with Crippen LogP contribution in [-0.4, -0.2) is 23.6 Å². The van der Waals surface area contributed by atoms with Crippen LogP contribution in [0.15, 0.2) is 60.8 Å². The summed E-state index contributed by atoms with van der Waals surface area (Å²) in [6.45, 7) is 6.79. The molecule has 1 N–H and O–H groups in total. The van der Waals surface area contributed by atoms with Crippen LogP contribution < -0.4 is 10.2 Å². The minimum Gasteiger partial charge on any atom is -0.372 e. The molecule has 0 atom stereocenters. The standard InChI is InChI=1S/C24H26N4O/c1-3-27(4-2)21-13-11-20(12-14-21)26-24(29)15-10-19-18-28(17-7-16-25)23-9-6-5-8-22(19)23/h5-6,8-15,18H,3-4,7,17H2,1-2H3,(H,26,29)/b15-10+. The summed E-state index contributed by atoms with van der Waals surface area (Å²) >= 11 is 0. The monoisotopic (exact) mass is 386 g/mol. The van der Waals surface area contributed by atoms with Crippen molar-refractivity contribution >= 4 is 34.3 Å².